The lowest BCUT2D eigenvalue weighted by Gasteiger charge is -2.21. The second-order valence-electron chi connectivity index (χ2n) is 8.56. The summed E-state index contributed by atoms with van der Waals surface area (Å²) in [7, 11) is 0. The topological polar surface area (TPSA) is 60.2 Å². The number of hydrogen-bond acceptors (Lipinski definition) is 4. The van der Waals surface area contributed by atoms with Gasteiger partial charge in [-0.15, -0.1) is 11.8 Å². The van der Waals surface area contributed by atoms with E-state index in [-0.39, 0.29) is 21.8 Å². The average molecular weight is 432 g/mol. The first-order valence-corrected chi connectivity index (χ1v) is 11.4. The maximum absolute atomic E-state index is 12.8. The zero-order chi connectivity index (χ0) is 22.2. The van der Waals surface area contributed by atoms with Gasteiger partial charge in [-0.2, -0.15) is 0 Å². The van der Waals surface area contributed by atoms with E-state index in [4.69, 9.17) is 0 Å². The monoisotopic (exact) mass is 431 g/mol. The Balaban J connectivity index is 1.46. The van der Waals surface area contributed by atoms with Crippen molar-refractivity contribution in [3.05, 3.63) is 93.0 Å². The Morgan fingerprint density at radius 2 is 1.61 bits per heavy atom. The van der Waals surface area contributed by atoms with Gasteiger partial charge in [0.05, 0.1) is 4.92 Å². The molecule has 31 heavy (non-hydrogen) atoms. The van der Waals surface area contributed by atoms with Crippen LogP contribution in [0.2, 0.25) is 0 Å². The van der Waals surface area contributed by atoms with E-state index in [0.717, 1.165) is 40.0 Å². The van der Waals surface area contributed by atoms with Crippen molar-refractivity contribution in [1.82, 2.24) is 0 Å². The van der Waals surface area contributed by atoms with Gasteiger partial charge in [0.1, 0.15) is 0 Å². The van der Waals surface area contributed by atoms with Crippen LogP contribution in [-0.4, -0.2) is 16.5 Å². The zero-order valence-electron chi connectivity index (χ0n) is 18.0. The van der Waals surface area contributed by atoms with Crippen LogP contribution in [0.25, 0.3) is 11.1 Å². The minimum atomic E-state index is -0.381. The third-order valence-electron chi connectivity index (χ3n) is 6.03. The maximum Gasteiger partial charge on any atom is 0.269 e. The number of fused-ring (bicyclic) bond motifs is 3. The molecule has 0 saturated carbocycles. The molecule has 1 aliphatic rings. The van der Waals surface area contributed by atoms with Crippen molar-refractivity contribution in [2.45, 2.75) is 43.9 Å². The minimum Gasteiger partial charge on any atom is -0.294 e. The number of aryl methyl sites for hydroxylation is 1. The molecule has 0 fully saturated rings. The molecule has 0 amide bonds. The molecule has 0 saturated heterocycles. The highest BCUT2D eigenvalue weighted by atomic mass is 32.2. The molecule has 5 heteroatoms. The van der Waals surface area contributed by atoms with Gasteiger partial charge in [0.25, 0.3) is 5.69 Å². The highest BCUT2D eigenvalue weighted by molar-refractivity contribution is 7.99. The van der Waals surface area contributed by atoms with Crippen molar-refractivity contribution in [2.24, 2.45) is 0 Å². The molecule has 0 unspecified atom stereocenters. The van der Waals surface area contributed by atoms with Crippen molar-refractivity contribution < 1.29 is 9.72 Å². The van der Waals surface area contributed by atoms with Crippen LogP contribution in [0.5, 0.6) is 0 Å². The lowest BCUT2D eigenvalue weighted by atomic mass is 9.81. The molecule has 0 spiro atoms. The molecule has 0 N–H and O–H groups in total. The highest BCUT2D eigenvalue weighted by Gasteiger charge is 2.37. The number of thioether (sulfide) groups is 1. The van der Waals surface area contributed by atoms with E-state index < -0.39 is 0 Å². The molecule has 0 radical (unpaired) electrons. The molecule has 0 aromatic heterocycles. The summed E-state index contributed by atoms with van der Waals surface area (Å²) in [5.74, 6) is 1.05. The molecule has 0 heterocycles. The highest BCUT2D eigenvalue weighted by Crippen LogP contribution is 2.49. The van der Waals surface area contributed by atoms with Gasteiger partial charge < -0.3 is 0 Å². The van der Waals surface area contributed by atoms with Crippen LogP contribution < -0.4 is 0 Å². The first kappa shape index (κ1) is 21.3. The molecule has 4 nitrogen and oxygen atoms in total. The number of nitro groups is 1. The quantitative estimate of drug-likeness (QED) is 0.133. The summed E-state index contributed by atoms with van der Waals surface area (Å²) in [4.78, 5) is 24.9. The Morgan fingerprint density at radius 1 is 0.968 bits per heavy atom. The second-order valence-corrected chi connectivity index (χ2v) is 9.73. The van der Waals surface area contributed by atoms with Crippen LogP contribution in [0.15, 0.2) is 65.6 Å². The number of rotatable bonds is 7. The molecule has 0 bridgehead atoms. The van der Waals surface area contributed by atoms with E-state index >= 15 is 0 Å². The van der Waals surface area contributed by atoms with Crippen molar-refractivity contribution in [1.29, 1.82) is 0 Å². The Kier molecular flexibility index (Phi) is 5.71. The van der Waals surface area contributed by atoms with E-state index in [1.54, 1.807) is 23.9 Å². The van der Waals surface area contributed by atoms with Gasteiger partial charge in [-0.05, 0) is 65.6 Å². The predicted octanol–water partition coefficient (Wildman–Crippen LogP) is 6.96. The summed E-state index contributed by atoms with van der Waals surface area (Å²) < 4.78 is 0. The van der Waals surface area contributed by atoms with E-state index in [9.17, 15) is 14.9 Å². The molecule has 3 aromatic rings. The molecule has 158 valence electrons. The number of non-ortho nitro benzene ring substituents is 1. The van der Waals surface area contributed by atoms with Crippen molar-refractivity contribution in [3.63, 3.8) is 0 Å². The number of hydrogen-bond donors (Lipinski definition) is 0. The summed E-state index contributed by atoms with van der Waals surface area (Å²) in [6.07, 6.45) is 1.33. The molecular weight excluding hydrogens is 406 g/mol. The van der Waals surface area contributed by atoms with E-state index in [2.05, 4.69) is 45.0 Å². The fourth-order valence-electron chi connectivity index (χ4n) is 4.21. The van der Waals surface area contributed by atoms with Gasteiger partial charge in [0.2, 0.25) is 0 Å². The third-order valence-corrected chi connectivity index (χ3v) is 7.13. The number of nitro benzene ring substituents is 1. The molecule has 1 aliphatic carbocycles. The van der Waals surface area contributed by atoms with Crippen LogP contribution in [0.1, 0.15) is 53.7 Å². The number of benzene rings is 3. The normalized spacial score (nSPS) is 13.5. The minimum absolute atomic E-state index is 0.0991. The number of nitrogens with zero attached hydrogens (tertiary/aromatic N) is 1. The molecule has 0 aliphatic heterocycles. The molecular formula is C26H25NO3S. The largest absolute Gasteiger partial charge is 0.294 e. The fraction of sp³-hybridized carbons (Fsp3) is 0.269. The first-order valence-electron chi connectivity index (χ1n) is 10.4. The van der Waals surface area contributed by atoms with Crippen LogP contribution >= 0.6 is 11.8 Å². The van der Waals surface area contributed by atoms with E-state index in [1.165, 1.54) is 10.5 Å². The van der Waals surface area contributed by atoms with Gasteiger partial charge in [-0.1, -0.05) is 43.7 Å². The van der Waals surface area contributed by atoms with Crippen molar-refractivity contribution in [3.8, 4) is 11.1 Å². The first-order chi connectivity index (χ1) is 14.8. The Morgan fingerprint density at radius 3 is 2.29 bits per heavy atom. The zero-order valence-corrected chi connectivity index (χ0v) is 18.8. The number of carbonyl (C=O) groups excluding carboxylic acids is 1. The molecule has 3 aromatic carbocycles. The Bertz CT molecular complexity index is 1170. The van der Waals surface area contributed by atoms with Crippen molar-refractivity contribution >= 4 is 23.2 Å². The second kappa shape index (κ2) is 8.31. The van der Waals surface area contributed by atoms with Crippen LogP contribution in [0, 0.1) is 17.0 Å². The third kappa shape index (κ3) is 4.15. The van der Waals surface area contributed by atoms with Crippen LogP contribution in [0.4, 0.5) is 5.69 Å². The number of ketones is 1. The van der Waals surface area contributed by atoms with E-state index in [0.29, 0.717) is 6.42 Å². The van der Waals surface area contributed by atoms with Gasteiger partial charge in [-0.25, -0.2) is 0 Å². The van der Waals surface area contributed by atoms with Gasteiger partial charge in [0.15, 0.2) is 5.78 Å². The summed E-state index contributed by atoms with van der Waals surface area (Å²) in [5.41, 5.74) is 5.75. The van der Waals surface area contributed by atoms with Crippen molar-refractivity contribution in [2.75, 3.05) is 5.75 Å². The van der Waals surface area contributed by atoms with Gasteiger partial charge in [0, 0.05) is 34.4 Å². The Hall–Kier alpha value is -2.92. The lowest BCUT2D eigenvalue weighted by molar-refractivity contribution is -0.384. The summed E-state index contributed by atoms with van der Waals surface area (Å²) in [6.45, 7) is 6.20. The smallest absolute Gasteiger partial charge is 0.269 e. The van der Waals surface area contributed by atoms with Crippen LogP contribution in [0.3, 0.4) is 0 Å². The van der Waals surface area contributed by atoms with E-state index in [1.807, 2.05) is 24.3 Å². The fourth-order valence-corrected chi connectivity index (χ4v) is 5.07. The lowest BCUT2D eigenvalue weighted by Crippen LogP contribution is -2.16. The Labute approximate surface area is 186 Å². The SMILES string of the molecule is Cc1ccc(SCCCC(=O)c2ccc3c(c2)C(C)(C)c2cc([N+](=O)[O-])ccc2-3)cc1. The summed E-state index contributed by atoms with van der Waals surface area (Å²) >= 11 is 1.77. The molecule has 4 rings (SSSR count). The average Bonchev–Trinajstić information content (AvgIpc) is 2.98. The summed E-state index contributed by atoms with van der Waals surface area (Å²) in [5, 5.41) is 11.2. The number of Topliss-reactive ketones (excluding diaryl/α,β-unsaturated/α-hetero) is 1. The molecule has 0 atom stereocenters. The predicted molar refractivity (Wildman–Crippen MR) is 126 cm³/mol. The summed E-state index contributed by atoms with van der Waals surface area (Å²) in [6, 6.07) is 19.3. The van der Waals surface area contributed by atoms with Gasteiger partial charge in [-0.3, -0.25) is 14.9 Å². The number of carbonyl (C=O) groups is 1. The van der Waals surface area contributed by atoms with Crippen LogP contribution in [-0.2, 0) is 5.41 Å². The van der Waals surface area contributed by atoms with Gasteiger partial charge >= 0.3 is 0 Å². The maximum atomic E-state index is 12.8. The standard InChI is InChI=1S/C26H25NO3S/c1-17-6-10-20(11-7-17)31-14-4-5-25(28)18-8-12-21-22-13-9-19(27(29)30)16-24(22)26(2,3)23(21)15-18/h6-13,15-16H,4-5,14H2,1-3H3.